The van der Waals surface area contributed by atoms with Crippen LogP contribution in [0.4, 0.5) is 4.79 Å². The van der Waals surface area contributed by atoms with E-state index in [1.165, 1.54) is 4.90 Å². The highest BCUT2D eigenvalue weighted by atomic mass is 79.9. The van der Waals surface area contributed by atoms with Crippen molar-refractivity contribution in [2.75, 3.05) is 6.79 Å². The minimum atomic E-state index is -0.682. The van der Waals surface area contributed by atoms with Crippen LogP contribution in [-0.4, -0.2) is 29.2 Å². The minimum Gasteiger partial charge on any atom is -0.454 e. The number of hydrogen-bond acceptors (Lipinski definition) is 4. The van der Waals surface area contributed by atoms with Crippen molar-refractivity contribution in [3.8, 4) is 11.5 Å². The molecule has 0 bridgehead atoms. The van der Waals surface area contributed by atoms with Crippen LogP contribution in [0.15, 0.2) is 16.6 Å². The molecule has 7 heteroatoms. The summed E-state index contributed by atoms with van der Waals surface area (Å²) in [6.45, 7) is 0.418. The molecule has 0 radical (unpaired) electrons. The number of carbonyl (C=O) groups is 2. The van der Waals surface area contributed by atoms with Gasteiger partial charge in [-0.3, -0.25) is 9.69 Å². The third-order valence-corrected chi connectivity index (χ3v) is 5.56. The average molecular weight is 381 g/mol. The first kappa shape index (κ1) is 14.8. The maximum Gasteiger partial charge on any atom is 0.325 e. The van der Waals surface area contributed by atoms with Gasteiger partial charge in [0.05, 0.1) is 6.54 Å². The van der Waals surface area contributed by atoms with E-state index in [0.717, 1.165) is 42.1 Å². The lowest BCUT2D eigenvalue weighted by molar-refractivity contribution is -0.132. The van der Waals surface area contributed by atoms with Crippen molar-refractivity contribution in [1.82, 2.24) is 10.2 Å². The van der Waals surface area contributed by atoms with Crippen LogP contribution in [0.2, 0.25) is 0 Å². The second kappa shape index (κ2) is 5.40. The zero-order valence-corrected chi connectivity index (χ0v) is 14.1. The summed E-state index contributed by atoms with van der Waals surface area (Å²) in [5.74, 6) is 1.20. The average Bonchev–Trinajstić information content (AvgIpc) is 3.07. The molecular formula is C16H17BrN2O4. The Labute approximate surface area is 142 Å². The van der Waals surface area contributed by atoms with Gasteiger partial charge in [-0.05, 0) is 30.5 Å². The first-order valence-electron chi connectivity index (χ1n) is 7.81. The van der Waals surface area contributed by atoms with Crippen molar-refractivity contribution in [3.05, 3.63) is 22.2 Å². The molecule has 1 aromatic carbocycles. The van der Waals surface area contributed by atoms with Gasteiger partial charge >= 0.3 is 6.03 Å². The molecule has 1 aromatic rings. The van der Waals surface area contributed by atoms with E-state index >= 15 is 0 Å². The van der Waals surface area contributed by atoms with E-state index in [0.29, 0.717) is 11.5 Å². The SMILES string of the molecule is O=C1NC2(CCCCC2)C(=O)N1Cc1cc2c(cc1Br)OCO2. The maximum atomic E-state index is 12.8. The Morgan fingerprint density at radius 2 is 1.83 bits per heavy atom. The molecule has 1 saturated heterocycles. The lowest BCUT2D eigenvalue weighted by atomic mass is 9.82. The molecule has 1 aliphatic carbocycles. The zero-order chi connectivity index (χ0) is 16.0. The lowest BCUT2D eigenvalue weighted by Crippen LogP contribution is -2.48. The molecule has 122 valence electrons. The summed E-state index contributed by atoms with van der Waals surface area (Å²) in [4.78, 5) is 26.5. The van der Waals surface area contributed by atoms with Gasteiger partial charge in [0, 0.05) is 4.47 Å². The predicted octanol–water partition coefficient (Wildman–Crippen LogP) is 2.93. The van der Waals surface area contributed by atoms with Crippen LogP contribution in [0.25, 0.3) is 0 Å². The van der Waals surface area contributed by atoms with Gasteiger partial charge in [-0.2, -0.15) is 0 Å². The van der Waals surface area contributed by atoms with Crippen molar-refractivity contribution >= 4 is 27.9 Å². The van der Waals surface area contributed by atoms with E-state index in [4.69, 9.17) is 9.47 Å². The van der Waals surface area contributed by atoms with Crippen molar-refractivity contribution in [2.45, 2.75) is 44.2 Å². The third kappa shape index (κ3) is 2.38. The molecular weight excluding hydrogens is 364 g/mol. The molecule has 3 amide bonds. The Morgan fingerprint density at radius 1 is 1.13 bits per heavy atom. The lowest BCUT2D eigenvalue weighted by Gasteiger charge is -2.30. The van der Waals surface area contributed by atoms with Crippen LogP contribution >= 0.6 is 15.9 Å². The summed E-state index contributed by atoms with van der Waals surface area (Å²) in [6, 6.07) is 3.33. The smallest absolute Gasteiger partial charge is 0.325 e. The quantitative estimate of drug-likeness (QED) is 0.800. The molecule has 0 atom stereocenters. The Balaban J connectivity index is 1.59. The van der Waals surface area contributed by atoms with Gasteiger partial charge in [-0.25, -0.2) is 4.79 Å². The van der Waals surface area contributed by atoms with Gasteiger partial charge in [0.25, 0.3) is 5.91 Å². The van der Waals surface area contributed by atoms with E-state index < -0.39 is 5.54 Å². The molecule has 3 aliphatic rings. The normalized spacial score (nSPS) is 21.9. The van der Waals surface area contributed by atoms with Gasteiger partial charge in [-0.1, -0.05) is 35.2 Å². The van der Waals surface area contributed by atoms with Crippen molar-refractivity contribution in [1.29, 1.82) is 0 Å². The summed E-state index contributed by atoms with van der Waals surface area (Å²) >= 11 is 3.48. The highest BCUT2D eigenvalue weighted by Crippen LogP contribution is 2.39. The number of nitrogens with zero attached hydrogens (tertiary/aromatic N) is 1. The fraction of sp³-hybridized carbons (Fsp3) is 0.500. The number of urea groups is 1. The Hall–Kier alpha value is -1.76. The largest absolute Gasteiger partial charge is 0.454 e. The van der Waals surface area contributed by atoms with Crippen LogP contribution in [-0.2, 0) is 11.3 Å². The molecule has 0 unspecified atom stereocenters. The van der Waals surface area contributed by atoms with Crippen molar-refractivity contribution < 1.29 is 19.1 Å². The standard InChI is InChI=1S/C16H17BrN2O4/c17-11-7-13-12(22-9-23-13)6-10(11)8-19-14(20)16(18-15(19)21)4-2-1-3-5-16/h6-7H,1-5,8-9H2,(H,18,21). The second-order valence-electron chi connectivity index (χ2n) is 6.26. The molecule has 1 N–H and O–H groups in total. The number of carbonyl (C=O) groups excluding carboxylic acids is 2. The first-order valence-corrected chi connectivity index (χ1v) is 8.60. The molecule has 0 aromatic heterocycles. The van der Waals surface area contributed by atoms with Crippen LogP contribution in [0.5, 0.6) is 11.5 Å². The predicted molar refractivity (Wildman–Crippen MR) is 85.2 cm³/mol. The highest BCUT2D eigenvalue weighted by Gasteiger charge is 2.51. The number of hydrogen-bond donors (Lipinski definition) is 1. The fourth-order valence-electron chi connectivity index (χ4n) is 3.56. The number of rotatable bonds is 2. The van der Waals surface area contributed by atoms with Crippen molar-refractivity contribution in [3.63, 3.8) is 0 Å². The molecule has 1 spiro atoms. The van der Waals surface area contributed by atoms with Crippen LogP contribution in [0, 0.1) is 0 Å². The number of nitrogens with one attached hydrogen (secondary N) is 1. The van der Waals surface area contributed by atoms with Gasteiger partial charge in [0.15, 0.2) is 11.5 Å². The molecule has 2 heterocycles. The molecule has 6 nitrogen and oxygen atoms in total. The summed E-state index contributed by atoms with van der Waals surface area (Å²) in [7, 11) is 0. The molecule has 1 saturated carbocycles. The zero-order valence-electron chi connectivity index (χ0n) is 12.6. The first-order chi connectivity index (χ1) is 11.1. The maximum absolute atomic E-state index is 12.8. The second-order valence-corrected chi connectivity index (χ2v) is 7.12. The summed E-state index contributed by atoms with van der Waals surface area (Å²) in [5.41, 5.74) is 0.142. The third-order valence-electron chi connectivity index (χ3n) is 4.82. The summed E-state index contributed by atoms with van der Waals surface area (Å²) < 4.78 is 11.5. The van der Waals surface area contributed by atoms with Gasteiger partial charge in [-0.15, -0.1) is 0 Å². The van der Waals surface area contributed by atoms with Crippen LogP contribution in [0.1, 0.15) is 37.7 Å². The van der Waals surface area contributed by atoms with Crippen LogP contribution < -0.4 is 14.8 Å². The Morgan fingerprint density at radius 3 is 2.57 bits per heavy atom. The molecule has 2 aliphatic heterocycles. The number of amides is 3. The van der Waals surface area contributed by atoms with E-state index in [-0.39, 0.29) is 25.3 Å². The van der Waals surface area contributed by atoms with Gasteiger partial charge in [0.2, 0.25) is 6.79 Å². The Kier molecular flexibility index (Phi) is 3.48. The Bertz CT molecular complexity index is 685. The van der Waals surface area contributed by atoms with Gasteiger partial charge in [0.1, 0.15) is 5.54 Å². The number of fused-ring (bicyclic) bond motifs is 1. The van der Waals surface area contributed by atoms with Gasteiger partial charge < -0.3 is 14.8 Å². The van der Waals surface area contributed by atoms with E-state index in [2.05, 4.69) is 21.2 Å². The number of halogens is 1. The highest BCUT2D eigenvalue weighted by molar-refractivity contribution is 9.10. The fourth-order valence-corrected chi connectivity index (χ4v) is 4.01. The van der Waals surface area contributed by atoms with E-state index in [1.807, 2.05) is 12.1 Å². The van der Waals surface area contributed by atoms with Crippen molar-refractivity contribution in [2.24, 2.45) is 0 Å². The molecule has 4 rings (SSSR count). The minimum absolute atomic E-state index is 0.105. The molecule has 2 fully saturated rings. The summed E-state index contributed by atoms with van der Waals surface area (Å²) in [6.07, 6.45) is 4.55. The monoisotopic (exact) mass is 380 g/mol. The topological polar surface area (TPSA) is 67.9 Å². The number of ether oxygens (including phenoxy) is 2. The number of imide groups is 1. The van der Waals surface area contributed by atoms with E-state index in [9.17, 15) is 9.59 Å². The van der Waals surface area contributed by atoms with E-state index in [1.54, 1.807) is 0 Å². The molecule has 23 heavy (non-hydrogen) atoms. The summed E-state index contributed by atoms with van der Waals surface area (Å²) in [5, 5.41) is 2.93. The number of benzene rings is 1. The van der Waals surface area contributed by atoms with Crippen LogP contribution in [0.3, 0.4) is 0 Å².